The van der Waals surface area contributed by atoms with Gasteiger partial charge in [0.2, 0.25) is 7.29 Å². The van der Waals surface area contributed by atoms with E-state index < -0.39 is 7.29 Å². The minimum atomic E-state index is -3.15. The molecule has 1 aliphatic heterocycles. The summed E-state index contributed by atoms with van der Waals surface area (Å²) in [6.07, 6.45) is 0.967. The van der Waals surface area contributed by atoms with Crippen molar-refractivity contribution in [2.75, 3.05) is 11.7 Å². The molecule has 0 unspecified atom stereocenters. The second-order valence-electron chi connectivity index (χ2n) is 8.05. The largest absolute Gasteiger partial charge is 0.494 e. The topological polar surface area (TPSA) is 60.5 Å². The number of nitrogens with one attached hydrogen (secondary N) is 1. The van der Waals surface area contributed by atoms with Crippen molar-refractivity contribution in [2.45, 2.75) is 13.3 Å². The van der Waals surface area contributed by atoms with E-state index in [4.69, 9.17) is 14.5 Å². The highest BCUT2D eigenvalue weighted by Gasteiger charge is 2.28. The van der Waals surface area contributed by atoms with E-state index in [2.05, 4.69) is 12.0 Å². The van der Waals surface area contributed by atoms with Gasteiger partial charge in [-0.15, -0.1) is 11.3 Å². The normalized spacial score (nSPS) is 14.4. The van der Waals surface area contributed by atoms with Crippen molar-refractivity contribution >= 4 is 35.3 Å². The fraction of sp³-hybridized carbons (Fsp3) is 0.107. The molecule has 0 fully saturated rings. The van der Waals surface area contributed by atoms with Gasteiger partial charge in [0.05, 0.1) is 12.3 Å². The SMILES string of the molecule is CCCOc1ccc(-c2csc(NP3(=O)C=C(c4ccccc4)OC(c4ccccc4)=C3)n2)cc1. The van der Waals surface area contributed by atoms with Crippen LogP contribution >= 0.6 is 18.6 Å². The van der Waals surface area contributed by atoms with Gasteiger partial charge in [-0.25, -0.2) is 4.98 Å². The van der Waals surface area contributed by atoms with Crippen molar-refractivity contribution in [2.24, 2.45) is 0 Å². The average molecular weight is 501 g/mol. The minimum Gasteiger partial charge on any atom is -0.494 e. The predicted octanol–water partition coefficient (Wildman–Crippen LogP) is 8.32. The van der Waals surface area contributed by atoms with E-state index in [1.54, 1.807) is 11.6 Å². The zero-order valence-corrected chi connectivity index (χ0v) is 21.0. The highest BCUT2D eigenvalue weighted by atomic mass is 32.1. The molecule has 1 N–H and O–H groups in total. The van der Waals surface area contributed by atoms with Gasteiger partial charge in [0.15, 0.2) is 5.13 Å². The van der Waals surface area contributed by atoms with Crippen LogP contribution in [0.25, 0.3) is 22.8 Å². The lowest BCUT2D eigenvalue weighted by Gasteiger charge is -2.23. The number of aromatic nitrogens is 1. The van der Waals surface area contributed by atoms with E-state index in [0.29, 0.717) is 23.3 Å². The van der Waals surface area contributed by atoms with E-state index in [1.807, 2.05) is 90.3 Å². The van der Waals surface area contributed by atoms with Crippen LogP contribution in [0.15, 0.2) is 102 Å². The molecule has 0 aliphatic carbocycles. The van der Waals surface area contributed by atoms with Crippen molar-refractivity contribution in [3.63, 3.8) is 0 Å². The van der Waals surface area contributed by atoms with Crippen molar-refractivity contribution in [1.82, 2.24) is 4.98 Å². The molecule has 0 bridgehead atoms. The van der Waals surface area contributed by atoms with Gasteiger partial charge in [0, 0.05) is 33.7 Å². The zero-order valence-electron chi connectivity index (χ0n) is 19.3. The zero-order chi connectivity index (χ0) is 24.1. The molecule has 0 saturated heterocycles. The maximum Gasteiger partial charge on any atom is 0.222 e. The molecule has 4 aromatic rings. The van der Waals surface area contributed by atoms with Gasteiger partial charge in [-0.1, -0.05) is 67.6 Å². The number of benzene rings is 3. The minimum absolute atomic E-state index is 0.558. The maximum atomic E-state index is 14.1. The highest BCUT2D eigenvalue weighted by Crippen LogP contribution is 2.56. The summed E-state index contributed by atoms with van der Waals surface area (Å²) >= 11 is 1.42. The van der Waals surface area contributed by atoms with Gasteiger partial charge < -0.3 is 14.6 Å². The smallest absolute Gasteiger partial charge is 0.222 e. The Labute approximate surface area is 209 Å². The summed E-state index contributed by atoms with van der Waals surface area (Å²) in [6.45, 7) is 2.78. The highest BCUT2D eigenvalue weighted by molar-refractivity contribution is 7.72. The lowest BCUT2D eigenvalue weighted by atomic mass is 10.2. The molecule has 0 radical (unpaired) electrons. The summed E-state index contributed by atoms with van der Waals surface area (Å²) in [5.74, 6) is 5.31. The second-order valence-corrected chi connectivity index (χ2v) is 11.1. The van der Waals surface area contributed by atoms with Gasteiger partial charge in [-0.3, -0.25) is 4.57 Å². The first-order chi connectivity index (χ1) is 17.1. The van der Waals surface area contributed by atoms with Gasteiger partial charge in [0.1, 0.15) is 17.3 Å². The molecule has 5 rings (SSSR count). The van der Waals surface area contributed by atoms with Crippen LogP contribution in [-0.2, 0) is 9.30 Å². The van der Waals surface area contributed by atoms with Crippen LogP contribution in [0.1, 0.15) is 24.5 Å². The number of hydrogen-bond acceptors (Lipinski definition) is 5. The molecule has 0 atom stereocenters. The van der Waals surface area contributed by atoms with E-state index in [9.17, 15) is 4.57 Å². The molecule has 176 valence electrons. The molecule has 0 saturated carbocycles. The van der Waals surface area contributed by atoms with Gasteiger partial charge >= 0.3 is 0 Å². The number of hydrogen-bond donors (Lipinski definition) is 1. The van der Waals surface area contributed by atoms with Crippen LogP contribution < -0.4 is 9.82 Å². The number of nitrogens with zero attached hydrogens (tertiary/aromatic N) is 1. The Morgan fingerprint density at radius 1 is 0.857 bits per heavy atom. The van der Waals surface area contributed by atoms with Crippen LogP contribution in [-0.4, -0.2) is 11.6 Å². The number of anilines is 1. The molecule has 0 amide bonds. The number of thiazole rings is 1. The van der Waals surface area contributed by atoms with Crippen LogP contribution in [0.5, 0.6) is 5.75 Å². The monoisotopic (exact) mass is 500 g/mol. The Bertz CT molecular complexity index is 1340. The fourth-order valence-corrected chi connectivity index (χ4v) is 6.50. The van der Waals surface area contributed by atoms with Crippen molar-refractivity contribution in [3.05, 3.63) is 113 Å². The average Bonchev–Trinajstić information content (AvgIpc) is 3.36. The fourth-order valence-electron chi connectivity index (χ4n) is 3.64. The first kappa shape index (κ1) is 23.2. The molecular formula is C28H25N2O3PS. The first-order valence-corrected chi connectivity index (χ1v) is 14.2. The van der Waals surface area contributed by atoms with Crippen LogP contribution in [0.3, 0.4) is 0 Å². The van der Waals surface area contributed by atoms with E-state index in [1.165, 1.54) is 11.3 Å². The predicted molar refractivity (Wildman–Crippen MR) is 144 cm³/mol. The molecule has 2 heterocycles. The van der Waals surface area contributed by atoms with E-state index in [0.717, 1.165) is 34.6 Å². The van der Waals surface area contributed by atoms with Gasteiger partial charge in [0.25, 0.3) is 0 Å². The summed E-state index contributed by atoms with van der Waals surface area (Å²) in [5.41, 5.74) is 3.52. The molecule has 1 aromatic heterocycles. The number of rotatable bonds is 8. The summed E-state index contributed by atoms with van der Waals surface area (Å²) in [7, 11) is -3.15. The van der Waals surface area contributed by atoms with Crippen molar-refractivity contribution in [1.29, 1.82) is 0 Å². The molecular weight excluding hydrogens is 475 g/mol. The molecule has 3 aromatic carbocycles. The lowest BCUT2D eigenvalue weighted by molar-refractivity contribution is 0.317. The first-order valence-electron chi connectivity index (χ1n) is 11.4. The Balaban J connectivity index is 1.43. The van der Waals surface area contributed by atoms with Crippen LogP contribution in [0.2, 0.25) is 0 Å². The van der Waals surface area contributed by atoms with Crippen LogP contribution in [0.4, 0.5) is 5.13 Å². The summed E-state index contributed by atoms with van der Waals surface area (Å²) in [4.78, 5) is 4.70. The third-order valence-corrected chi connectivity index (χ3v) is 8.06. The molecule has 5 nitrogen and oxygen atoms in total. The standard InChI is InChI=1S/C28H25N2O3PS/c1-2-17-32-24-15-13-21(14-16-24)25-20-35-28(29-25)30-34(31)18-26(22-9-5-3-6-10-22)33-27(19-34)23-11-7-4-8-12-23/h3-16,18-20H,2,17H2,1H3,(H,29,30,31). The molecule has 0 spiro atoms. The van der Waals surface area contributed by atoms with Gasteiger partial charge in [-0.2, -0.15) is 0 Å². The van der Waals surface area contributed by atoms with Crippen molar-refractivity contribution < 1.29 is 14.0 Å². The molecule has 7 heteroatoms. The third-order valence-electron chi connectivity index (χ3n) is 5.35. The molecule has 35 heavy (non-hydrogen) atoms. The van der Waals surface area contributed by atoms with Crippen molar-refractivity contribution in [3.8, 4) is 17.0 Å². The Morgan fingerprint density at radius 3 is 2.03 bits per heavy atom. The summed E-state index contributed by atoms with van der Waals surface area (Å²) < 4.78 is 25.9. The molecule has 1 aliphatic rings. The Kier molecular flexibility index (Phi) is 6.84. The quantitative estimate of drug-likeness (QED) is 0.247. The van der Waals surface area contributed by atoms with Crippen LogP contribution in [0, 0.1) is 0 Å². The Hall–Kier alpha value is -3.60. The summed E-state index contributed by atoms with van der Waals surface area (Å²) in [6, 6.07) is 27.3. The van der Waals surface area contributed by atoms with Gasteiger partial charge in [-0.05, 0) is 30.7 Å². The van der Waals surface area contributed by atoms with E-state index >= 15 is 0 Å². The number of ether oxygens (including phenoxy) is 2. The third kappa shape index (κ3) is 5.56. The summed E-state index contributed by atoms with van der Waals surface area (Å²) in [5, 5.41) is 5.74. The Morgan fingerprint density at radius 2 is 1.46 bits per heavy atom. The van der Waals surface area contributed by atoms with E-state index in [-0.39, 0.29) is 0 Å². The maximum absolute atomic E-state index is 14.1. The second kappa shape index (κ2) is 10.3. The lowest BCUT2D eigenvalue weighted by Crippen LogP contribution is -2.03.